The molecule has 1 heterocycles. The van der Waals surface area contributed by atoms with E-state index in [0.29, 0.717) is 11.3 Å². The van der Waals surface area contributed by atoms with Crippen LogP contribution in [0, 0.1) is 0 Å². The summed E-state index contributed by atoms with van der Waals surface area (Å²) in [5.41, 5.74) is -0.847. The van der Waals surface area contributed by atoms with Gasteiger partial charge in [-0.3, -0.25) is 4.79 Å². The molecule has 2 rings (SSSR count). The van der Waals surface area contributed by atoms with Crippen molar-refractivity contribution in [2.75, 3.05) is 5.32 Å². The van der Waals surface area contributed by atoms with E-state index in [4.69, 9.17) is 5.11 Å². The van der Waals surface area contributed by atoms with E-state index in [0.717, 1.165) is 16.7 Å². The molecule has 0 spiro atoms. The van der Waals surface area contributed by atoms with Crippen LogP contribution in [0.4, 0.5) is 24.0 Å². The van der Waals surface area contributed by atoms with Gasteiger partial charge in [-0.1, -0.05) is 12.1 Å². The number of anilines is 2. The SMILES string of the molecule is CC(C)(C(=O)O)c1ccc(Nc2nc(C(F)(F)F)cs2)cc1.[H-].[Na+]. The number of rotatable bonds is 4. The zero-order valence-electron chi connectivity index (χ0n) is 13.7. The largest absolute Gasteiger partial charge is 1.00 e. The van der Waals surface area contributed by atoms with Crippen molar-refractivity contribution in [1.29, 1.82) is 0 Å². The number of carbonyl (C=O) groups is 1. The molecule has 9 heteroatoms. The number of hydrogen-bond donors (Lipinski definition) is 2. The third kappa shape index (κ3) is 4.69. The van der Waals surface area contributed by atoms with E-state index in [1.165, 1.54) is 0 Å². The third-order valence-corrected chi connectivity index (χ3v) is 3.94. The number of hydrogen-bond acceptors (Lipinski definition) is 4. The fraction of sp³-hybridized carbons (Fsp3) is 0.286. The topological polar surface area (TPSA) is 62.2 Å². The molecule has 0 unspecified atom stereocenters. The number of carboxylic acid groups (broad SMARTS) is 1. The summed E-state index contributed by atoms with van der Waals surface area (Å²) in [5.74, 6) is -0.956. The molecule has 2 aromatic rings. The molecule has 0 saturated carbocycles. The molecule has 0 bridgehead atoms. The number of carboxylic acids is 1. The predicted octanol–water partition coefficient (Wildman–Crippen LogP) is 1.38. The number of halogens is 3. The van der Waals surface area contributed by atoms with E-state index < -0.39 is 23.3 Å². The molecule has 0 aliphatic rings. The van der Waals surface area contributed by atoms with Gasteiger partial charge < -0.3 is 11.8 Å². The molecule has 120 valence electrons. The van der Waals surface area contributed by atoms with Crippen LogP contribution >= 0.6 is 11.3 Å². The second-order valence-electron chi connectivity index (χ2n) is 5.17. The average molecular weight is 354 g/mol. The summed E-state index contributed by atoms with van der Waals surface area (Å²) in [7, 11) is 0. The molecule has 0 atom stereocenters. The summed E-state index contributed by atoms with van der Waals surface area (Å²) in [4.78, 5) is 14.6. The Morgan fingerprint density at radius 3 is 2.26 bits per heavy atom. The maximum Gasteiger partial charge on any atom is 1.00 e. The molecular weight excluding hydrogens is 340 g/mol. The second-order valence-corrected chi connectivity index (χ2v) is 6.03. The molecule has 4 nitrogen and oxygen atoms in total. The summed E-state index contributed by atoms with van der Waals surface area (Å²) in [5, 5.41) is 13.0. The Hall–Kier alpha value is -1.09. The van der Waals surface area contributed by atoms with Gasteiger partial charge in [0.1, 0.15) is 0 Å². The van der Waals surface area contributed by atoms with E-state index in [1.807, 2.05) is 0 Å². The fourth-order valence-electron chi connectivity index (χ4n) is 1.68. The van der Waals surface area contributed by atoms with Crippen LogP contribution in [-0.2, 0) is 16.4 Å². The molecule has 23 heavy (non-hydrogen) atoms. The van der Waals surface area contributed by atoms with Gasteiger partial charge in [-0.25, -0.2) is 4.98 Å². The van der Waals surface area contributed by atoms with Gasteiger partial charge in [0.05, 0.1) is 5.41 Å². The van der Waals surface area contributed by atoms with Gasteiger partial charge in [0, 0.05) is 11.1 Å². The Kier molecular flexibility index (Phi) is 6.25. The number of nitrogens with one attached hydrogen (secondary N) is 1. The number of thiazole rings is 1. The van der Waals surface area contributed by atoms with Crippen LogP contribution in [0.15, 0.2) is 29.6 Å². The maximum absolute atomic E-state index is 12.5. The van der Waals surface area contributed by atoms with E-state index >= 15 is 0 Å². The fourth-order valence-corrected chi connectivity index (χ4v) is 2.42. The molecule has 0 radical (unpaired) electrons. The summed E-state index contributed by atoms with van der Waals surface area (Å²) < 4.78 is 37.4. The molecule has 0 aliphatic heterocycles. The van der Waals surface area contributed by atoms with Crippen molar-refractivity contribution in [3.05, 3.63) is 40.9 Å². The average Bonchev–Trinajstić information content (AvgIpc) is 2.87. The van der Waals surface area contributed by atoms with E-state index in [-0.39, 0.29) is 36.1 Å². The monoisotopic (exact) mass is 354 g/mol. The first-order valence-corrected chi connectivity index (χ1v) is 7.12. The second kappa shape index (κ2) is 7.21. The minimum absolute atomic E-state index is 0. The normalized spacial score (nSPS) is 11.7. The molecule has 0 aliphatic carbocycles. The van der Waals surface area contributed by atoms with Crippen LogP contribution in [0.5, 0.6) is 0 Å². The van der Waals surface area contributed by atoms with Crippen LogP contribution in [0.25, 0.3) is 0 Å². The van der Waals surface area contributed by atoms with Gasteiger partial charge in [0.2, 0.25) is 0 Å². The number of aliphatic carboxylic acids is 1. The van der Waals surface area contributed by atoms with Crippen molar-refractivity contribution in [2.24, 2.45) is 0 Å². The minimum Gasteiger partial charge on any atom is -1.00 e. The first-order valence-electron chi connectivity index (χ1n) is 6.24. The molecular formula is C14H14F3N2NaO2S. The Morgan fingerprint density at radius 2 is 1.83 bits per heavy atom. The van der Waals surface area contributed by atoms with Crippen molar-refractivity contribution in [2.45, 2.75) is 25.4 Å². The standard InChI is InChI=1S/C14H13F3N2O2S.Na.H/c1-13(2,11(20)21)8-3-5-9(6-4-8)18-12-19-10(7-22-12)14(15,16)17;;/h3-7H,1-2H3,(H,18,19)(H,20,21);;/q;+1;-1. The first-order chi connectivity index (χ1) is 10.1. The van der Waals surface area contributed by atoms with Crippen LogP contribution in [0.3, 0.4) is 0 Å². The summed E-state index contributed by atoms with van der Waals surface area (Å²) in [6, 6.07) is 6.45. The number of nitrogens with zero attached hydrogens (tertiary/aromatic N) is 1. The molecule has 1 aromatic heterocycles. The minimum atomic E-state index is -4.47. The van der Waals surface area contributed by atoms with Gasteiger partial charge in [-0.15, -0.1) is 11.3 Å². The van der Waals surface area contributed by atoms with Gasteiger partial charge >= 0.3 is 41.7 Å². The van der Waals surface area contributed by atoms with Crippen molar-refractivity contribution in [1.82, 2.24) is 4.98 Å². The van der Waals surface area contributed by atoms with Crippen LogP contribution in [0.1, 0.15) is 26.5 Å². The van der Waals surface area contributed by atoms with Crippen LogP contribution in [-0.4, -0.2) is 16.1 Å². The number of alkyl halides is 3. The quantitative estimate of drug-likeness (QED) is 0.815. The molecule has 0 fully saturated rings. The van der Waals surface area contributed by atoms with Crippen LogP contribution in [0.2, 0.25) is 0 Å². The number of benzene rings is 1. The van der Waals surface area contributed by atoms with Crippen molar-refractivity contribution in [3.8, 4) is 0 Å². The van der Waals surface area contributed by atoms with E-state index in [1.54, 1.807) is 38.1 Å². The van der Waals surface area contributed by atoms with Gasteiger partial charge in [-0.2, -0.15) is 13.2 Å². The summed E-state index contributed by atoms with van der Waals surface area (Å²) in [6.45, 7) is 3.16. The Bertz CT molecular complexity index is 690. The van der Waals surface area contributed by atoms with Crippen molar-refractivity contribution >= 4 is 28.1 Å². The molecule has 0 saturated heterocycles. The Labute approximate surface area is 158 Å². The first kappa shape index (κ1) is 20.0. The number of aromatic nitrogens is 1. The summed E-state index contributed by atoms with van der Waals surface area (Å²) >= 11 is 0.850. The zero-order chi connectivity index (χ0) is 16.5. The molecule has 2 N–H and O–H groups in total. The molecule has 0 amide bonds. The smallest absolute Gasteiger partial charge is 1.00 e. The van der Waals surface area contributed by atoms with Gasteiger partial charge in [-0.05, 0) is 31.5 Å². The van der Waals surface area contributed by atoms with Gasteiger partial charge in [0.25, 0.3) is 0 Å². The van der Waals surface area contributed by atoms with Crippen LogP contribution < -0.4 is 34.9 Å². The van der Waals surface area contributed by atoms with Crippen molar-refractivity contribution < 1.29 is 54.1 Å². The van der Waals surface area contributed by atoms with E-state index in [2.05, 4.69) is 10.3 Å². The zero-order valence-corrected chi connectivity index (χ0v) is 15.5. The van der Waals surface area contributed by atoms with Crippen molar-refractivity contribution in [3.63, 3.8) is 0 Å². The van der Waals surface area contributed by atoms with Gasteiger partial charge in [0.15, 0.2) is 10.8 Å². The Morgan fingerprint density at radius 1 is 1.26 bits per heavy atom. The maximum atomic E-state index is 12.5. The third-order valence-electron chi connectivity index (χ3n) is 3.19. The summed E-state index contributed by atoms with van der Waals surface area (Å²) in [6.07, 6.45) is -4.47. The van der Waals surface area contributed by atoms with E-state index in [9.17, 15) is 18.0 Å². The Balaban J connectivity index is 0.00000264. The predicted molar refractivity (Wildman–Crippen MR) is 78.6 cm³/mol. The molecule has 1 aromatic carbocycles.